The summed E-state index contributed by atoms with van der Waals surface area (Å²) in [6, 6.07) is 9.75. The van der Waals surface area contributed by atoms with Crippen LogP contribution in [-0.4, -0.2) is 17.9 Å². The molecule has 0 aliphatic rings. The summed E-state index contributed by atoms with van der Waals surface area (Å²) in [6.45, 7) is 2.68. The highest BCUT2D eigenvalue weighted by atomic mass is 16.1. The lowest BCUT2D eigenvalue weighted by Gasteiger charge is -2.20. The quantitative estimate of drug-likeness (QED) is 0.885. The fourth-order valence-electron chi connectivity index (χ4n) is 2.00. The summed E-state index contributed by atoms with van der Waals surface area (Å²) in [5.74, 6) is 0.00262. The van der Waals surface area contributed by atoms with Gasteiger partial charge in [-0.05, 0) is 18.6 Å². The maximum Gasteiger partial charge on any atom is 0.252 e. The van der Waals surface area contributed by atoms with E-state index in [4.69, 9.17) is 11.5 Å². The van der Waals surface area contributed by atoms with Crippen LogP contribution < -0.4 is 16.4 Å². The van der Waals surface area contributed by atoms with E-state index in [1.165, 1.54) is 11.8 Å². The number of nitrogen functional groups attached to an aromatic ring is 1. The zero-order chi connectivity index (χ0) is 14.7. The molecule has 0 radical (unpaired) electrons. The van der Waals surface area contributed by atoms with E-state index in [0.717, 1.165) is 5.56 Å². The van der Waals surface area contributed by atoms with Gasteiger partial charge in [0.05, 0.1) is 17.4 Å². The minimum atomic E-state index is -0.532. The molecule has 0 saturated carbocycles. The number of nitrogens with zero attached hydrogens (tertiary/aromatic N) is 2. The van der Waals surface area contributed by atoms with Crippen LogP contribution in [0.1, 0.15) is 21.5 Å². The average molecular weight is 270 g/mol. The fraction of sp³-hybridized carbons (Fsp3) is 0.200. The zero-order valence-corrected chi connectivity index (χ0v) is 11.6. The molecule has 4 N–H and O–H groups in total. The number of aromatic nitrogens is 1. The maximum atomic E-state index is 11.5. The zero-order valence-electron chi connectivity index (χ0n) is 11.6. The Morgan fingerprint density at radius 3 is 2.55 bits per heavy atom. The van der Waals surface area contributed by atoms with Crippen LogP contribution in [0.5, 0.6) is 0 Å². The average Bonchev–Trinajstić information content (AvgIpc) is 2.41. The number of nitrogens with two attached hydrogens (primary N) is 2. The number of amides is 1. The van der Waals surface area contributed by atoms with Gasteiger partial charge in [-0.15, -0.1) is 0 Å². The molecule has 5 heteroatoms. The number of anilines is 2. The van der Waals surface area contributed by atoms with Crippen molar-refractivity contribution in [1.29, 1.82) is 0 Å². The smallest absolute Gasteiger partial charge is 0.252 e. The second kappa shape index (κ2) is 5.61. The minimum absolute atomic E-state index is 0.333. The molecule has 0 spiro atoms. The van der Waals surface area contributed by atoms with Crippen LogP contribution in [0.2, 0.25) is 0 Å². The molecule has 20 heavy (non-hydrogen) atoms. The fourth-order valence-corrected chi connectivity index (χ4v) is 2.00. The van der Waals surface area contributed by atoms with E-state index in [-0.39, 0.29) is 0 Å². The van der Waals surface area contributed by atoms with Crippen molar-refractivity contribution in [1.82, 2.24) is 4.98 Å². The minimum Gasteiger partial charge on any atom is -0.397 e. The van der Waals surface area contributed by atoms with Gasteiger partial charge in [-0.1, -0.05) is 29.8 Å². The first-order valence-electron chi connectivity index (χ1n) is 6.29. The number of pyridine rings is 1. The third kappa shape index (κ3) is 3.06. The van der Waals surface area contributed by atoms with Gasteiger partial charge in [0.15, 0.2) is 0 Å². The maximum absolute atomic E-state index is 11.5. The van der Waals surface area contributed by atoms with Crippen LogP contribution in [0.4, 0.5) is 11.5 Å². The van der Waals surface area contributed by atoms with Gasteiger partial charge in [0.1, 0.15) is 5.82 Å². The monoisotopic (exact) mass is 270 g/mol. The molecule has 1 amide bonds. The first-order valence-corrected chi connectivity index (χ1v) is 6.29. The molecule has 0 saturated heterocycles. The third-order valence-electron chi connectivity index (χ3n) is 3.06. The lowest BCUT2D eigenvalue weighted by Crippen LogP contribution is -2.23. The summed E-state index contributed by atoms with van der Waals surface area (Å²) >= 11 is 0. The van der Waals surface area contributed by atoms with Crippen molar-refractivity contribution < 1.29 is 4.79 Å². The molecule has 0 fully saturated rings. The van der Waals surface area contributed by atoms with Gasteiger partial charge in [0.2, 0.25) is 0 Å². The number of hydrogen-bond donors (Lipinski definition) is 2. The predicted molar refractivity (Wildman–Crippen MR) is 80.5 cm³/mol. The number of aryl methyl sites for hydroxylation is 1. The molecule has 1 aromatic heterocycles. The Bertz CT molecular complexity index is 622. The van der Waals surface area contributed by atoms with Crippen molar-refractivity contribution in [2.45, 2.75) is 13.5 Å². The number of carbonyl (C=O) groups is 1. The highest BCUT2D eigenvalue weighted by Crippen LogP contribution is 2.20. The van der Waals surface area contributed by atoms with Crippen LogP contribution in [0, 0.1) is 6.92 Å². The van der Waals surface area contributed by atoms with Gasteiger partial charge >= 0.3 is 0 Å². The standard InChI is InChI=1S/C15H18N4O/c1-10-3-5-11(6-4-10)9-19(2)15-13(14(17)20)7-12(16)8-18-15/h3-8H,9,16H2,1-2H3,(H2,17,20). The Labute approximate surface area is 118 Å². The summed E-state index contributed by atoms with van der Waals surface area (Å²) in [7, 11) is 1.87. The lowest BCUT2D eigenvalue weighted by molar-refractivity contribution is 0.100. The second-order valence-electron chi connectivity index (χ2n) is 4.85. The molecule has 104 valence electrons. The predicted octanol–water partition coefficient (Wildman–Crippen LogP) is 1.71. The highest BCUT2D eigenvalue weighted by Gasteiger charge is 2.14. The largest absolute Gasteiger partial charge is 0.397 e. The molecule has 0 bridgehead atoms. The van der Waals surface area contributed by atoms with E-state index < -0.39 is 5.91 Å². The number of primary amides is 1. The molecule has 0 aliphatic heterocycles. The van der Waals surface area contributed by atoms with E-state index in [2.05, 4.69) is 17.1 Å². The molecule has 2 rings (SSSR count). The second-order valence-corrected chi connectivity index (χ2v) is 4.85. The highest BCUT2D eigenvalue weighted by molar-refractivity contribution is 5.98. The summed E-state index contributed by atoms with van der Waals surface area (Å²) in [6.07, 6.45) is 1.52. The van der Waals surface area contributed by atoms with E-state index in [1.54, 1.807) is 6.07 Å². The lowest BCUT2D eigenvalue weighted by atomic mass is 10.1. The normalized spacial score (nSPS) is 10.3. The molecule has 0 atom stereocenters. The van der Waals surface area contributed by atoms with Crippen LogP contribution in [0.3, 0.4) is 0 Å². The van der Waals surface area contributed by atoms with Gasteiger partial charge in [0, 0.05) is 13.6 Å². The van der Waals surface area contributed by atoms with Crippen molar-refractivity contribution in [3.8, 4) is 0 Å². The van der Waals surface area contributed by atoms with Crippen LogP contribution in [0.25, 0.3) is 0 Å². The van der Waals surface area contributed by atoms with E-state index in [9.17, 15) is 4.79 Å². The van der Waals surface area contributed by atoms with Gasteiger partial charge in [-0.3, -0.25) is 4.79 Å². The van der Waals surface area contributed by atoms with Crippen molar-refractivity contribution in [3.05, 3.63) is 53.2 Å². The van der Waals surface area contributed by atoms with Crippen molar-refractivity contribution in [2.24, 2.45) is 5.73 Å². The van der Waals surface area contributed by atoms with E-state index >= 15 is 0 Å². The van der Waals surface area contributed by atoms with Crippen molar-refractivity contribution >= 4 is 17.4 Å². The van der Waals surface area contributed by atoms with Gasteiger partial charge in [-0.25, -0.2) is 4.98 Å². The topological polar surface area (TPSA) is 85.2 Å². The Morgan fingerprint density at radius 2 is 1.95 bits per heavy atom. The molecule has 5 nitrogen and oxygen atoms in total. The summed E-state index contributed by atoms with van der Waals surface area (Å²) in [5.41, 5.74) is 14.1. The summed E-state index contributed by atoms with van der Waals surface area (Å²) in [4.78, 5) is 17.6. The summed E-state index contributed by atoms with van der Waals surface area (Å²) in [5, 5.41) is 0. The van der Waals surface area contributed by atoms with Crippen LogP contribution in [-0.2, 0) is 6.54 Å². The SMILES string of the molecule is Cc1ccc(CN(C)c2ncc(N)cc2C(N)=O)cc1. The third-order valence-corrected chi connectivity index (χ3v) is 3.06. The van der Waals surface area contributed by atoms with Gasteiger partial charge in [0.25, 0.3) is 5.91 Å². The Hall–Kier alpha value is -2.56. The van der Waals surface area contributed by atoms with Gasteiger partial charge < -0.3 is 16.4 Å². The first kappa shape index (κ1) is 13.9. The van der Waals surface area contributed by atoms with Crippen molar-refractivity contribution in [2.75, 3.05) is 17.7 Å². The molecule has 0 unspecified atom stereocenters. The molecular formula is C15H18N4O. The Morgan fingerprint density at radius 1 is 1.30 bits per heavy atom. The molecule has 0 aliphatic carbocycles. The van der Waals surface area contributed by atoms with Crippen LogP contribution >= 0.6 is 0 Å². The Kier molecular flexibility index (Phi) is 3.89. The summed E-state index contributed by atoms with van der Waals surface area (Å²) < 4.78 is 0. The number of hydrogen-bond acceptors (Lipinski definition) is 4. The molecule has 1 heterocycles. The molecular weight excluding hydrogens is 252 g/mol. The number of benzene rings is 1. The number of carbonyl (C=O) groups excluding carboxylic acids is 1. The molecule has 2 aromatic rings. The van der Waals surface area contributed by atoms with Gasteiger partial charge in [-0.2, -0.15) is 0 Å². The van der Waals surface area contributed by atoms with E-state index in [0.29, 0.717) is 23.6 Å². The number of rotatable bonds is 4. The first-order chi connectivity index (χ1) is 9.47. The van der Waals surface area contributed by atoms with E-state index in [1.807, 2.05) is 31.0 Å². The molecule has 1 aromatic carbocycles. The van der Waals surface area contributed by atoms with Crippen molar-refractivity contribution in [3.63, 3.8) is 0 Å². The van der Waals surface area contributed by atoms with Crippen LogP contribution in [0.15, 0.2) is 36.5 Å². The Balaban J connectivity index is 2.27.